The van der Waals surface area contributed by atoms with Gasteiger partial charge in [0.05, 0.1) is 6.54 Å². The number of amides is 2. The van der Waals surface area contributed by atoms with Crippen LogP contribution in [-0.2, 0) is 11.3 Å². The van der Waals surface area contributed by atoms with Gasteiger partial charge in [0.25, 0.3) is 0 Å². The number of nitrogens with two attached hydrogens (primary N) is 1. The maximum absolute atomic E-state index is 11.6. The van der Waals surface area contributed by atoms with E-state index in [-0.39, 0.29) is 12.2 Å². The Balaban J connectivity index is 2.35. The Morgan fingerprint density at radius 3 is 2.25 bits per heavy atom. The lowest BCUT2D eigenvalue weighted by atomic mass is 9.96. The van der Waals surface area contributed by atoms with Gasteiger partial charge < -0.3 is 5.73 Å². The molecule has 4 nitrogen and oxygen atoms in total. The molecule has 2 aromatic carbocycles. The highest BCUT2D eigenvalue weighted by Crippen LogP contribution is 2.36. The summed E-state index contributed by atoms with van der Waals surface area (Å²) in [6.45, 7) is 0.269. The van der Waals surface area contributed by atoms with Gasteiger partial charge in [-0.25, -0.2) is 9.59 Å². The Hall–Kier alpha value is -2.84. The first-order valence-corrected chi connectivity index (χ1v) is 6.22. The van der Waals surface area contributed by atoms with Crippen molar-refractivity contribution in [2.75, 3.05) is 0 Å². The summed E-state index contributed by atoms with van der Waals surface area (Å²) >= 11 is 0. The minimum absolute atomic E-state index is 0.185. The fourth-order valence-corrected chi connectivity index (χ4v) is 2.54. The molecule has 0 bridgehead atoms. The minimum atomic E-state index is -0.658. The van der Waals surface area contributed by atoms with Crippen molar-refractivity contribution >= 4 is 17.7 Å². The smallest absolute Gasteiger partial charge is 0.320 e. The molecular weight excluding hydrogens is 252 g/mol. The summed E-state index contributed by atoms with van der Waals surface area (Å²) < 4.78 is 0. The third kappa shape index (κ3) is 1.79. The summed E-state index contributed by atoms with van der Waals surface area (Å²) in [5.74, 6) is 1.86. The molecule has 4 heteroatoms. The van der Waals surface area contributed by atoms with Crippen LogP contribution in [-0.4, -0.2) is 16.9 Å². The summed E-state index contributed by atoms with van der Waals surface area (Å²) in [4.78, 5) is 24.2. The number of hydrogen-bond acceptors (Lipinski definition) is 2. The Labute approximate surface area is 116 Å². The number of carbonyl (C=O) groups is 1. The summed E-state index contributed by atoms with van der Waals surface area (Å²) in [5.41, 5.74) is 9.12. The van der Waals surface area contributed by atoms with Gasteiger partial charge in [0.2, 0.25) is 0 Å². The van der Waals surface area contributed by atoms with E-state index in [1.54, 1.807) is 6.07 Å². The number of urea groups is 1. The lowest BCUT2D eigenvalue weighted by Gasteiger charge is -2.19. The fraction of sp³-hybridized carbons (Fsp3) is 0.0625. The van der Waals surface area contributed by atoms with Gasteiger partial charge in [0.1, 0.15) is 5.70 Å². The number of nitrogens with zero attached hydrogens (tertiary/aromatic N) is 1. The Kier molecular flexibility index (Phi) is 2.86. The maximum atomic E-state index is 11.6. The van der Waals surface area contributed by atoms with Crippen molar-refractivity contribution in [2.24, 2.45) is 5.73 Å². The molecule has 0 spiro atoms. The second kappa shape index (κ2) is 4.68. The van der Waals surface area contributed by atoms with Gasteiger partial charge in [-0.05, 0) is 16.7 Å². The zero-order valence-corrected chi connectivity index (χ0v) is 10.7. The van der Waals surface area contributed by atoms with E-state index in [2.05, 4.69) is 0 Å². The lowest BCUT2D eigenvalue weighted by molar-refractivity contribution is 0.226. The van der Waals surface area contributed by atoms with Crippen molar-refractivity contribution in [3.63, 3.8) is 0 Å². The molecule has 0 saturated carbocycles. The molecule has 0 fully saturated rings. The summed E-state index contributed by atoms with van der Waals surface area (Å²) in [6, 6.07) is 14.5. The largest absolute Gasteiger partial charge is 0.351 e. The van der Waals surface area contributed by atoms with Crippen LogP contribution in [0, 0.1) is 0 Å². The third-order valence-corrected chi connectivity index (χ3v) is 3.45. The van der Waals surface area contributed by atoms with E-state index in [0.717, 1.165) is 16.7 Å². The van der Waals surface area contributed by atoms with Crippen molar-refractivity contribution in [2.45, 2.75) is 6.54 Å². The number of primary amides is 1. The van der Waals surface area contributed by atoms with E-state index in [9.17, 15) is 9.59 Å². The highest BCUT2D eigenvalue weighted by Gasteiger charge is 2.26. The standard InChI is InChI=1S/C16H12N2O2/c17-16(20)18-9-11-5-1-2-6-12(11)13-7-3-4-8-14(13)15(18)10-19/h1-8H,9H2,(H2,17,20). The van der Waals surface area contributed by atoms with Crippen molar-refractivity contribution < 1.29 is 9.59 Å². The van der Waals surface area contributed by atoms with Crippen molar-refractivity contribution in [1.29, 1.82) is 0 Å². The highest BCUT2D eigenvalue weighted by molar-refractivity contribution is 6.00. The average Bonchev–Trinajstić information content (AvgIpc) is 2.61. The van der Waals surface area contributed by atoms with Crippen LogP contribution >= 0.6 is 0 Å². The molecule has 2 amide bonds. The molecule has 0 aromatic heterocycles. The minimum Gasteiger partial charge on any atom is -0.351 e. The van der Waals surface area contributed by atoms with Gasteiger partial charge in [0, 0.05) is 5.56 Å². The SMILES string of the molecule is NC(=O)N1Cc2ccccc2-c2ccccc2C1=C=O. The van der Waals surface area contributed by atoms with E-state index in [0.29, 0.717) is 5.56 Å². The molecule has 1 heterocycles. The van der Waals surface area contributed by atoms with Crippen LogP contribution in [0.2, 0.25) is 0 Å². The van der Waals surface area contributed by atoms with Crippen molar-refractivity contribution in [3.8, 4) is 11.1 Å². The van der Waals surface area contributed by atoms with Gasteiger partial charge in [0.15, 0.2) is 5.94 Å². The fourth-order valence-electron chi connectivity index (χ4n) is 2.54. The van der Waals surface area contributed by atoms with E-state index >= 15 is 0 Å². The Bertz CT molecular complexity index is 746. The highest BCUT2D eigenvalue weighted by atomic mass is 16.2. The maximum Gasteiger partial charge on any atom is 0.320 e. The molecule has 0 saturated heterocycles. The topological polar surface area (TPSA) is 63.4 Å². The van der Waals surface area contributed by atoms with E-state index in [4.69, 9.17) is 5.73 Å². The van der Waals surface area contributed by atoms with Gasteiger partial charge in [-0.15, -0.1) is 0 Å². The molecule has 98 valence electrons. The van der Waals surface area contributed by atoms with Gasteiger partial charge in [-0.1, -0.05) is 48.5 Å². The molecule has 0 atom stereocenters. The van der Waals surface area contributed by atoms with Crippen molar-refractivity contribution in [1.82, 2.24) is 4.90 Å². The first-order chi connectivity index (χ1) is 9.72. The molecule has 2 aromatic rings. The van der Waals surface area contributed by atoms with E-state index < -0.39 is 6.03 Å². The zero-order chi connectivity index (χ0) is 14.1. The molecule has 0 unspecified atom stereocenters. The number of fused-ring (bicyclic) bond motifs is 3. The molecule has 1 aliphatic heterocycles. The summed E-state index contributed by atoms with van der Waals surface area (Å²) in [7, 11) is 0. The van der Waals surface area contributed by atoms with Crippen LogP contribution < -0.4 is 5.73 Å². The summed E-state index contributed by atoms with van der Waals surface area (Å²) in [5, 5.41) is 0. The van der Waals surface area contributed by atoms with Crippen LogP contribution in [0.3, 0.4) is 0 Å². The molecule has 20 heavy (non-hydrogen) atoms. The molecule has 0 radical (unpaired) electrons. The number of benzene rings is 2. The third-order valence-electron chi connectivity index (χ3n) is 3.45. The Morgan fingerprint density at radius 1 is 1.00 bits per heavy atom. The van der Waals surface area contributed by atoms with Crippen LogP contribution in [0.15, 0.2) is 48.5 Å². The van der Waals surface area contributed by atoms with Crippen LogP contribution in [0.25, 0.3) is 16.8 Å². The molecule has 0 aliphatic carbocycles. The average molecular weight is 264 g/mol. The zero-order valence-electron chi connectivity index (χ0n) is 10.7. The monoisotopic (exact) mass is 264 g/mol. The number of rotatable bonds is 0. The quantitative estimate of drug-likeness (QED) is 0.743. The molecule has 2 N–H and O–H groups in total. The predicted octanol–water partition coefficient (Wildman–Crippen LogP) is 2.42. The summed E-state index contributed by atoms with van der Waals surface area (Å²) in [6.07, 6.45) is 0. The van der Waals surface area contributed by atoms with E-state index in [1.807, 2.05) is 48.4 Å². The predicted molar refractivity (Wildman–Crippen MR) is 76.1 cm³/mol. The second-order valence-corrected chi connectivity index (χ2v) is 4.58. The first kappa shape index (κ1) is 12.2. The Morgan fingerprint density at radius 2 is 1.60 bits per heavy atom. The first-order valence-electron chi connectivity index (χ1n) is 6.22. The van der Waals surface area contributed by atoms with Crippen LogP contribution in [0.5, 0.6) is 0 Å². The van der Waals surface area contributed by atoms with Crippen LogP contribution in [0.1, 0.15) is 11.1 Å². The lowest BCUT2D eigenvalue weighted by Crippen LogP contribution is -2.33. The van der Waals surface area contributed by atoms with E-state index in [1.165, 1.54) is 4.90 Å². The molecule has 3 rings (SSSR count). The number of carbonyl (C=O) groups excluding carboxylic acids is 2. The second-order valence-electron chi connectivity index (χ2n) is 4.58. The molecule has 1 aliphatic rings. The van der Waals surface area contributed by atoms with Gasteiger partial charge >= 0.3 is 6.03 Å². The molecular formula is C16H12N2O2. The van der Waals surface area contributed by atoms with Crippen molar-refractivity contribution in [3.05, 3.63) is 59.7 Å². The number of hydrogen-bond donors (Lipinski definition) is 1. The van der Waals surface area contributed by atoms with Gasteiger partial charge in [-0.2, -0.15) is 0 Å². The van der Waals surface area contributed by atoms with Gasteiger partial charge in [-0.3, -0.25) is 4.90 Å². The normalized spacial score (nSPS) is 13.0. The van der Waals surface area contributed by atoms with Crippen LogP contribution in [0.4, 0.5) is 4.79 Å².